The molecule has 3 aromatic carbocycles. The van der Waals surface area contributed by atoms with Gasteiger partial charge in [0.05, 0.1) is 36.5 Å². The number of rotatable bonds is 8. The van der Waals surface area contributed by atoms with Gasteiger partial charge in [-0.05, 0) is 48.4 Å². The molecule has 1 aromatic heterocycles. The minimum Gasteiger partial charge on any atom is -0.493 e. The number of H-pyrrole nitrogens is 1. The monoisotopic (exact) mass is 500 g/mol. The van der Waals surface area contributed by atoms with Gasteiger partial charge >= 0.3 is 5.69 Å². The van der Waals surface area contributed by atoms with Crippen LogP contribution in [0, 0.1) is 0 Å². The van der Waals surface area contributed by atoms with E-state index in [4.69, 9.17) is 21.1 Å². The van der Waals surface area contributed by atoms with Crippen molar-refractivity contribution in [3.8, 4) is 22.6 Å². The number of methoxy groups -OCH3 is 1. The average Bonchev–Trinajstić information content (AvgIpc) is 3.12. The summed E-state index contributed by atoms with van der Waals surface area (Å²) in [4.78, 5) is 16.0. The molecule has 4 rings (SSSR count). The summed E-state index contributed by atoms with van der Waals surface area (Å²) in [7, 11) is -1.91. The molecule has 9 heteroatoms. The SMILES string of the molecule is CCOc1cc([C@@H](CS(C)(=O)=O)n2c(=O)[nH]c3cc(-c4ccccc4Cl)ccc32)ccc1OC. The maximum atomic E-state index is 13.1. The molecule has 0 spiro atoms. The molecule has 0 amide bonds. The molecule has 1 atom stereocenters. The number of aromatic amines is 1. The number of benzene rings is 3. The summed E-state index contributed by atoms with van der Waals surface area (Å²) in [6.45, 7) is 2.26. The average molecular weight is 501 g/mol. The van der Waals surface area contributed by atoms with Crippen molar-refractivity contribution in [2.45, 2.75) is 13.0 Å². The van der Waals surface area contributed by atoms with Gasteiger partial charge in [-0.1, -0.05) is 41.9 Å². The molecule has 1 N–H and O–H groups in total. The van der Waals surface area contributed by atoms with Crippen LogP contribution in [0.25, 0.3) is 22.2 Å². The van der Waals surface area contributed by atoms with Crippen molar-refractivity contribution in [2.24, 2.45) is 0 Å². The summed E-state index contributed by atoms with van der Waals surface area (Å²) in [5, 5.41) is 0.597. The second kappa shape index (κ2) is 9.56. The molecule has 34 heavy (non-hydrogen) atoms. The lowest BCUT2D eigenvalue weighted by atomic mass is 10.0. The van der Waals surface area contributed by atoms with E-state index in [2.05, 4.69) is 4.98 Å². The standard InChI is InChI=1S/C25H25ClN2O5S/c1-4-33-24-14-17(10-12-23(24)32-2)22(15-34(3,30)31)28-21-11-9-16(13-20(21)27-25(28)29)18-7-5-6-8-19(18)26/h5-14,22H,4,15H2,1-3H3,(H,27,29)/t22-/m1/s1. The van der Waals surface area contributed by atoms with Crippen molar-refractivity contribution in [3.05, 3.63) is 81.7 Å². The summed E-state index contributed by atoms with van der Waals surface area (Å²) in [6.07, 6.45) is 1.16. The lowest BCUT2D eigenvalue weighted by Crippen LogP contribution is -2.28. The molecule has 1 heterocycles. The van der Waals surface area contributed by atoms with Crippen molar-refractivity contribution in [3.63, 3.8) is 0 Å². The first kappa shape index (κ1) is 23.9. The first-order chi connectivity index (χ1) is 16.2. The van der Waals surface area contributed by atoms with Crippen LogP contribution in [0.1, 0.15) is 18.5 Å². The Kier molecular flexibility index (Phi) is 6.72. The van der Waals surface area contributed by atoms with Crippen LogP contribution >= 0.6 is 11.6 Å². The molecule has 0 unspecified atom stereocenters. The predicted octanol–water partition coefficient (Wildman–Crippen LogP) is 4.69. The van der Waals surface area contributed by atoms with Gasteiger partial charge < -0.3 is 14.5 Å². The number of ether oxygens (including phenoxy) is 2. The Hall–Kier alpha value is -3.23. The van der Waals surface area contributed by atoms with Crippen molar-refractivity contribution in [2.75, 3.05) is 25.7 Å². The van der Waals surface area contributed by atoms with Gasteiger partial charge in [-0.15, -0.1) is 0 Å². The molecule has 4 aromatic rings. The molecular weight excluding hydrogens is 476 g/mol. The molecule has 0 bridgehead atoms. The zero-order valence-corrected chi connectivity index (χ0v) is 20.6. The van der Waals surface area contributed by atoms with Gasteiger partial charge in [0, 0.05) is 16.8 Å². The first-order valence-corrected chi connectivity index (χ1v) is 13.1. The maximum Gasteiger partial charge on any atom is 0.327 e. The van der Waals surface area contributed by atoms with Crippen LogP contribution in [0.3, 0.4) is 0 Å². The number of imidazole rings is 1. The lowest BCUT2D eigenvalue weighted by Gasteiger charge is -2.20. The topological polar surface area (TPSA) is 90.4 Å². The lowest BCUT2D eigenvalue weighted by molar-refractivity contribution is 0.310. The normalized spacial score (nSPS) is 12.6. The highest BCUT2D eigenvalue weighted by molar-refractivity contribution is 7.90. The number of nitrogens with zero attached hydrogens (tertiary/aromatic N) is 1. The van der Waals surface area contributed by atoms with Gasteiger partial charge in [-0.2, -0.15) is 0 Å². The van der Waals surface area contributed by atoms with E-state index in [1.807, 2.05) is 37.3 Å². The van der Waals surface area contributed by atoms with Crippen LogP contribution in [0.15, 0.2) is 65.5 Å². The third-order valence-corrected chi connectivity index (χ3v) is 6.80. The molecule has 0 radical (unpaired) electrons. The highest BCUT2D eigenvalue weighted by Crippen LogP contribution is 2.34. The third-order valence-electron chi connectivity index (χ3n) is 5.55. The minimum absolute atomic E-state index is 0.260. The van der Waals surface area contributed by atoms with E-state index in [0.717, 1.165) is 17.4 Å². The summed E-state index contributed by atoms with van der Waals surface area (Å²) >= 11 is 6.35. The van der Waals surface area contributed by atoms with Gasteiger partial charge in [0.15, 0.2) is 11.5 Å². The van der Waals surface area contributed by atoms with Gasteiger partial charge in [0.25, 0.3) is 0 Å². The molecule has 0 fully saturated rings. The van der Waals surface area contributed by atoms with Crippen molar-refractivity contribution in [1.29, 1.82) is 0 Å². The van der Waals surface area contributed by atoms with Gasteiger partial charge in [-0.25, -0.2) is 13.2 Å². The van der Waals surface area contributed by atoms with Crippen LogP contribution in [-0.4, -0.2) is 43.7 Å². The molecule has 0 aliphatic carbocycles. The van der Waals surface area contributed by atoms with Crippen LogP contribution in [-0.2, 0) is 9.84 Å². The predicted molar refractivity (Wildman–Crippen MR) is 135 cm³/mol. The molecule has 178 valence electrons. The number of fused-ring (bicyclic) bond motifs is 1. The number of halogens is 1. The Morgan fingerprint density at radius 2 is 1.82 bits per heavy atom. The van der Waals surface area contributed by atoms with E-state index < -0.39 is 21.6 Å². The molecule has 7 nitrogen and oxygen atoms in total. The highest BCUT2D eigenvalue weighted by Gasteiger charge is 2.25. The van der Waals surface area contributed by atoms with E-state index in [-0.39, 0.29) is 5.75 Å². The largest absolute Gasteiger partial charge is 0.493 e. The van der Waals surface area contributed by atoms with E-state index in [9.17, 15) is 13.2 Å². The van der Waals surface area contributed by atoms with Crippen LogP contribution in [0.4, 0.5) is 0 Å². The third kappa shape index (κ3) is 4.83. The molecular formula is C25H25ClN2O5S. The Morgan fingerprint density at radius 1 is 1.06 bits per heavy atom. The fourth-order valence-electron chi connectivity index (χ4n) is 4.08. The van der Waals surface area contributed by atoms with E-state index >= 15 is 0 Å². The summed E-state index contributed by atoms with van der Waals surface area (Å²) in [5.41, 5.74) is 3.06. The Labute approximate surface area is 202 Å². The van der Waals surface area contributed by atoms with Gasteiger partial charge in [0.1, 0.15) is 9.84 Å². The summed E-state index contributed by atoms with van der Waals surface area (Å²) in [6, 6.07) is 17.4. The van der Waals surface area contributed by atoms with Crippen LogP contribution in [0.5, 0.6) is 11.5 Å². The number of nitrogens with one attached hydrogen (secondary N) is 1. The number of hydrogen-bond acceptors (Lipinski definition) is 5. The maximum absolute atomic E-state index is 13.1. The minimum atomic E-state index is -3.44. The number of aromatic nitrogens is 2. The highest BCUT2D eigenvalue weighted by atomic mass is 35.5. The molecule has 0 aliphatic heterocycles. The van der Waals surface area contributed by atoms with Gasteiger partial charge in [0.2, 0.25) is 0 Å². The van der Waals surface area contributed by atoms with Crippen molar-refractivity contribution < 1.29 is 17.9 Å². The van der Waals surface area contributed by atoms with Crippen molar-refractivity contribution in [1.82, 2.24) is 9.55 Å². The summed E-state index contributed by atoms with van der Waals surface area (Å²) in [5.74, 6) is 0.749. The number of sulfone groups is 1. The number of hydrogen-bond donors (Lipinski definition) is 1. The van der Waals surface area contributed by atoms with E-state index in [1.165, 1.54) is 11.7 Å². The zero-order valence-electron chi connectivity index (χ0n) is 19.0. The second-order valence-electron chi connectivity index (χ2n) is 7.96. The Bertz CT molecular complexity index is 1510. The second-order valence-corrected chi connectivity index (χ2v) is 10.6. The quantitative estimate of drug-likeness (QED) is 0.379. The van der Waals surface area contributed by atoms with E-state index in [1.54, 1.807) is 30.3 Å². The molecule has 0 aliphatic rings. The molecule has 0 saturated heterocycles. The Morgan fingerprint density at radius 3 is 2.50 bits per heavy atom. The molecule has 0 saturated carbocycles. The van der Waals surface area contributed by atoms with Crippen LogP contribution in [0.2, 0.25) is 5.02 Å². The zero-order chi connectivity index (χ0) is 24.5. The fraction of sp³-hybridized carbons (Fsp3) is 0.240. The van der Waals surface area contributed by atoms with Crippen LogP contribution < -0.4 is 15.2 Å². The first-order valence-electron chi connectivity index (χ1n) is 10.7. The fourth-order valence-corrected chi connectivity index (χ4v) is 5.24. The smallest absolute Gasteiger partial charge is 0.327 e. The Balaban J connectivity index is 1.89. The summed E-state index contributed by atoms with van der Waals surface area (Å²) < 4.78 is 37.3. The van der Waals surface area contributed by atoms with Crippen molar-refractivity contribution >= 4 is 32.5 Å². The van der Waals surface area contributed by atoms with Gasteiger partial charge in [-0.3, -0.25) is 4.57 Å². The van der Waals surface area contributed by atoms with E-state index in [0.29, 0.717) is 39.7 Å².